The van der Waals surface area contributed by atoms with Crippen LogP contribution in [-0.2, 0) is 19.0 Å². The van der Waals surface area contributed by atoms with E-state index in [1.54, 1.807) is 71.9 Å². The Hall–Kier alpha value is -2.77. The third kappa shape index (κ3) is 10.4. The summed E-state index contributed by atoms with van der Waals surface area (Å²) in [5, 5.41) is 0. The Kier molecular flexibility index (Phi) is 8.48. The number of hydrogen-bond donors (Lipinski definition) is 0. The summed E-state index contributed by atoms with van der Waals surface area (Å²) in [7, 11) is 1.53. The molecule has 1 atom stereocenters. The average molecular weight is 409 g/mol. The van der Waals surface area contributed by atoms with Gasteiger partial charge in [0.1, 0.15) is 17.0 Å². The lowest BCUT2D eigenvalue weighted by Gasteiger charge is -2.26. The van der Waals surface area contributed by atoms with Crippen LogP contribution in [0.2, 0.25) is 0 Å². The van der Waals surface area contributed by atoms with E-state index in [1.807, 2.05) is 0 Å². The first kappa shape index (κ1) is 24.3. The van der Waals surface area contributed by atoms with Crippen molar-refractivity contribution in [3.63, 3.8) is 0 Å². The molecule has 0 bridgehead atoms. The molecule has 162 valence electrons. The van der Waals surface area contributed by atoms with E-state index in [4.69, 9.17) is 18.9 Å². The quantitative estimate of drug-likeness (QED) is 0.514. The number of nitrogens with zero attached hydrogens (tertiary/aromatic N) is 1. The fourth-order valence-electron chi connectivity index (χ4n) is 2.03. The molecule has 0 aliphatic heterocycles. The summed E-state index contributed by atoms with van der Waals surface area (Å²) in [5.41, 5.74) is -1.43. The molecule has 1 amide bonds. The number of carbonyl (C=O) groups excluding carboxylic acids is 3. The molecule has 8 heteroatoms. The summed E-state index contributed by atoms with van der Waals surface area (Å²) >= 11 is 0. The number of rotatable bonds is 6. The average Bonchev–Trinajstić information content (AvgIpc) is 2.55. The van der Waals surface area contributed by atoms with E-state index in [0.717, 1.165) is 0 Å². The first-order valence-corrected chi connectivity index (χ1v) is 9.37. The summed E-state index contributed by atoms with van der Waals surface area (Å²) in [6.45, 7) is 10.4. The molecule has 1 aromatic rings. The first-order chi connectivity index (χ1) is 13.3. The van der Waals surface area contributed by atoms with E-state index in [9.17, 15) is 14.4 Å². The number of hydrogen-bond acceptors (Lipinski definition) is 7. The largest absolute Gasteiger partial charge is 0.509 e. The van der Waals surface area contributed by atoms with Crippen LogP contribution in [-0.4, -0.2) is 54.0 Å². The van der Waals surface area contributed by atoms with Gasteiger partial charge in [-0.2, -0.15) is 0 Å². The van der Waals surface area contributed by atoms with Gasteiger partial charge in [-0.15, -0.1) is 0 Å². The van der Waals surface area contributed by atoms with Crippen molar-refractivity contribution in [1.29, 1.82) is 0 Å². The molecule has 0 saturated heterocycles. The van der Waals surface area contributed by atoms with E-state index < -0.39 is 35.5 Å². The second-order valence-electron chi connectivity index (χ2n) is 8.50. The summed E-state index contributed by atoms with van der Waals surface area (Å²) in [6.07, 6.45) is -2.78. The van der Waals surface area contributed by atoms with Gasteiger partial charge in [-0.25, -0.2) is 14.4 Å². The Bertz CT molecular complexity index is 689. The fraction of sp³-hybridized carbons (Fsp3) is 0.571. The second-order valence-corrected chi connectivity index (χ2v) is 8.50. The van der Waals surface area contributed by atoms with Gasteiger partial charge in [-0.3, -0.25) is 0 Å². The van der Waals surface area contributed by atoms with Gasteiger partial charge in [0.2, 0.25) is 6.10 Å². The van der Waals surface area contributed by atoms with Gasteiger partial charge >= 0.3 is 18.2 Å². The number of ether oxygens (including phenoxy) is 4. The lowest BCUT2D eigenvalue weighted by atomic mass is 10.2. The van der Waals surface area contributed by atoms with Crippen LogP contribution in [0.15, 0.2) is 30.3 Å². The van der Waals surface area contributed by atoms with Gasteiger partial charge in [-0.05, 0) is 53.7 Å². The fourth-order valence-corrected chi connectivity index (χ4v) is 2.03. The van der Waals surface area contributed by atoms with Crippen molar-refractivity contribution >= 4 is 18.2 Å². The zero-order valence-electron chi connectivity index (χ0n) is 18.2. The number of para-hydroxylation sites is 1. The number of benzene rings is 1. The van der Waals surface area contributed by atoms with Crippen LogP contribution in [0.25, 0.3) is 0 Å². The standard InChI is InChI=1S/C21H31NO7/c1-20(2,3)28-18(24)22(7)14-13-16(27-19(25)29-21(4,5)6)17(23)26-15-11-9-8-10-12-15/h8-12,16H,13-14H2,1-7H3/t16-/m0/s1. The molecule has 8 nitrogen and oxygen atoms in total. The third-order valence-electron chi connectivity index (χ3n) is 3.28. The van der Waals surface area contributed by atoms with Crippen LogP contribution in [0, 0.1) is 0 Å². The van der Waals surface area contributed by atoms with Crippen molar-refractivity contribution in [1.82, 2.24) is 4.90 Å². The molecule has 29 heavy (non-hydrogen) atoms. The molecule has 0 radical (unpaired) electrons. The highest BCUT2D eigenvalue weighted by Crippen LogP contribution is 2.15. The zero-order valence-corrected chi connectivity index (χ0v) is 18.2. The van der Waals surface area contributed by atoms with Crippen molar-refractivity contribution in [2.45, 2.75) is 65.3 Å². The number of carbonyl (C=O) groups is 3. The molecule has 0 aromatic heterocycles. The van der Waals surface area contributed by atoms with Gasteiger partial charge in [0.05, 0.1) is 0 Å². The molecule has 0 N–H and O–H groups in total. The SMILES string of the molecule is CN(CC[C@H](OC(=O)OC(C)(C)C)C(=O)Oc1ccccc1)C(=O)OC(C)(C)C. The van der Waals surface area contributed by atoms with Crippen molar-refractivity contribution in [2.24, 2.45) is 0 Å². The molecular weight excluding hydrogens is 378 g/mol. The maximum atomic E-state index is 12.5. The molecule has 1 aromatic carbocycles. The van der Waals surface area contributed by atoms with Gasteiger partial charge in [0.15, 0.2) is 0 Å². The Morgan fingerprint density at radius 2 is 1.48 bits per heavy atom. The molecule has 0 unspecified atom stereocenters. The summed E-state index contributed by atoms with van der Waals surface area (Å²) in [4.78, 5) is 38.0. The van der Waals surface area contributed by atoms with Crippen LogP contribution in [0.1, 0.15) is 48.0 Å². The molecule has 0 spiro atoms. The zero-order chi connectivity index (χ0) is 22.2. The highest BCUT2D eigenvalue weighted by Gasteiger charge is 2.29. The minimum atomic E-state index is -1.25. The summed E-state index contributed by atoms with van der Waals surface area (Å²) in [5.74, 6) is -0.449. The minimum absolute atomic E-state index is 0.0145. The van der Waals surface area contributed by atoms with Gasteiger partial charge < -0.3 is 23.8 Å². The van der Waals surface area contributed by atoms with Gasteiger partial charge in [0.25, 0.3) is 0 Å². The molecular formula is C21H31NO7. The lowest BCUT2D eigenvalue weighted by Crippen LogP contribution is -2.39. The van der Waals surface area contributed by atoms with Crippen LogP contribution in [0.3, 0.4) is 0 Å². The van der Waals surface area contributed by atoms with Crippen molar-refractivity contribution in [3.8, 4) is 5.75 Å². The Morgan fingerprint density at radius 3 is 2.00 bits per heavy atom. The maximum Gasteiger partial charge on any atom is 0.509 e. The first-order valence-electron chi connectivity index (χ1n) is 9.37. The molecule has 0 aliphatic carbocycles. The smallest absolute Gasteiger partial charge is 0.444 e. The van der Waals surface area contributed by atoms with Crippen LogP contribution < -0.4 is 4.74 Å². The van der Waals surface area contributed by atoms with Crippen LogP contribution >= 0.6 is 0 Å². The topological polar surface area (TPSA) is 91.4 Å². The number of esters is 1. The molecule has 0 aliphatic rings. The predicted octanol–water partition coefficient (Wildman–Crippen LogP) is 4.17. The van der Waals surface area contributed by atoms with Crippen LogP contribution in [0.5, 0.6) is 5.75 Å². The summed E-state index contributed by atoms with van der Waals surface area (Å²) < 4.78 is 20.8. The Labute approximate surface area is 172 Å². The van der Waals surface area contributed by atoms with Gasteiger partial charge in [-0.1, -0.05) is 18.2 Å². The Balaban J connectivity index is 2.79. The van der Waals surface area contributed by atoms with Gasteiger partial charge in [0, 0.05) is 20.0 Å². The van der Waals surface area contributed by atoms with E-state index in [1.165, 1.54) is 11.9 Å². The molecule has 0 fully saturated rings. The van der Waals surface area contributed by atoms with Crippen molar-refractivity contribution < 1.29 is 33.3 Å². The second kappa shape index (κ2) is 10.1. The molecule has 0 saturated carbocycles. The molecule has 1 rings (SSSR count). The van der Waals surface area contributed by atoms with Crippen LogP contribution in [0.4, 0.5) is 9.59 Å². The van der Waals surface area contributed by atoms with E-state index in [0.29, 0.717) is 5.75 Å². The monoisotopic (exact) mass is 409 g/mol. The van der Waals surface area contributed by atoms with Crippen molar-refractivity contribution in [3.05, 3.63) is 30.3 Å². The third-order valence-corrected chi connectivity index (χ3v) is 3.28. The Morgan fingerprint density at radius 1 is 0.931 bits per heavy atom. The lowest BCUT2D eigenvalue weighted by molar-refractivity contribution is -0.147. The normalized spacial score (nSPS) is 12.5. The molecule has 0 heterocycles. The highest BCUT2D eigenvalue weighted by molar-refractivity contribution is 5.79. The van der Waals surface area contributed by atoms with E-state index in [2.05, 4.69) is 0 Å². The van der Waals surface area contributed by atoms with E-state index >= 15 is 0 Å². The number of amides is 1. The maximum absolute atomic E-state index is 12.5. The predicted molar refractivity (Wildman–Crippen MR) is 107 cm³/mol. The minimum Gasteiger partial charge on any atom is -0.444 e. The van der Waals surface area contributed by atoms with E-state index in [-0.39, 0.29) is 13.0 Å². The highest BCUT2D eigenvalue weighted by atomic mass is 16.7. The summed E-state index contributed by atoms with van der Waals surface area (Å²) in [6, 6.07) is 8.41. The van der Waals surface area contributed by atoms with Crippen molar-refractivity contribution in [2.75, 3.05) is 13.6 Å².